The minimum absolute atomic E-state index is 0.364. The lowest BCUT2D eigenvalue weighted by Crippen LogP contribution is -2.62. The normalized spacial score (nSPS) is 43.6. The average Bonchev–Trinajstić information content (AvgIpc) is 3.19. The largest absolute Gasteiger partial charge is 0.374 e. The Kier molecular flexibility index (Phi) is 3.53. The van der Waals surface area contributed by atoms with Crippen molar-refractivity contribution in [3.05, 3.63) is 0 Å². The van der Waals surface area contributed by atoms with Crippen molar-refractivity contribution in [3.63, 3.8) is 0 Å². The van der Waals surface area contributed by atoms with Gasteiger partial charge in [0, 0.05) is 44.3 Å². The minimum atomic E-state index is 0.364. The Morgan fingerprint density at radius 2 is 2.15 bits per heavy atom. The number of nitrogens with one attached hydrogen (secondary N) is 1. The molecule has 3 saturated heterocycles. The Hall–Kier alpha value is -0.160. The Balaban J connectivity index is 1.32. The smallest absolute Gasteiger partial charge is 0.0829 e. The molecule has 3 unspecified atom stereocenters. The summed E-state index contributed by atoms with van der Waals surface area (Å²) in [4.78, 5) is 5.31. The molecule has 1 N–H and O–H groups in total. The standard InChI is InChI=1S/C16H29N3O/c1-16(13-4-5-13)12-18(8-6-17-16)9-15-10-19-7-2-3-14(19)11-20-15/h13-15,17H,2-12H2,1H3. The summed E-state index contributed by atoms with van der Waals surface area (Å²) in [7, 11) is 0. The highest BCUT2D eigenvalue weighted by atomic mass is 16.5. The number of hydrogen-bond acceptors (Lipinski definition) is 4. The van der Waals surface area contributed by atoms with Crippen LogP contribution < -0.4 is 5.32 Å². The van der Waals surface area contributed by atoms with Crippen LogP contribution in [0.1, 0.15) is 32.6 Å². The summed E-state index contributed by atoms with van der Waals surface area (Å²) < 4.78 is 6.14. The van der Waals surface area contributed by atoms with E-state index in [2.05, 4.69) is 22.0 Å². The summed E-state index contributed by atoms with van der Waals surface area (Å²) >= 11 is 0. The first-order valence-electron chi connectivity index (χ1n) is 8.56. The first-order valence-corrected chi connectivity index (χ1v) is 8.56. The lowest BCUT2D eigenvalue weighted by Gasteiger charge is -2.44. The van der Waals surface area contributed by atoms with Gasteiger partial charge in [0.05, 0.1) is 12.7 Å². The summed E-state index contributed by atoms with van der Waals surface area (Å²) in [5.74, 6) is 0.917. The lowest BCUT2D eigenvalue weighted by molar-refractivity contribution is -0.0661. The van der Waals surface area contributed by atoms with Crippen molar-refractivity contribution >= 4 is 0 Å². The van der Waals surface area contributed by atoms with E-state index >= 15 is 0 Å². The molecule has 4 heteroatoms. The van der Waals surface area contributed by atoms with Gasteiger partial charge >= 0.3 is 0 Å². The first-order chi connectivity index (χ1) is 9.73. The quantitative estimate of drug-likeness (QED) is 0.831. The zero-order valence-corrected chi connectivity index (χ0v) is 12.8. The van der Waals surface area contributed by atoms with E-state index in [1.165, 1.54) is 45.3 Å². The second-order valence-corrected chi connectivity index (χ2v) is 7.60. The molecular weight excluding hydrogens is 250 g/mol. The maximum atomic E-state index is 6.14. The van der Waals surface area contributed by atoms with Crippen LogP contribution in [0.2, 0.25) is 0 Å². The fourth-order valence-electron chi connectivity index (χ4n) is 4.53. The van der Waals surface area contributed by atoms with E-state index in [1.54, 1.807) is 0 Å². The molecule has 0 spiro atoms. The Morgan fingerprint density at radius 3 is 3.00 bits per heavy atom. The highest BCUT2D eigenvalue weighted by molar-refractivity contribution is 5.02. The van der Waals surface area contributed by atoms with E-state index in [0.717, 1.165) is 38.2 Å². The molecule has 0 aromatic rings. The van der Waals surface area contributed by atoms with Gasteiger partial charge in [-0.2, -0.15) is 0 Å². The number of ether oxygens (including phenoxy) is 1. The summed E-state index contributed by atoms with van der Waals surface area (Å²) in [5.41, 5.74) is 0.364. The highest BCUT2D eigenvalue weighted by Crippen LogP contribution is 2.40. The van der Waals surface area contributed by atoms with Crippen molar-refractivity contribution in [2.24, 2.45) is 5.92 Å². The van der Waals surface area contributed by atoms with Crippen molar-refractivity contribution in [2.75, 3.05) is 45.9 Å². The predicted octanol–water partition coefficient (Wildman–Crippen LogP) is 0.924. The Labute approximate surface area is 122 Å². The molecule has 20 heavy (non-hydrogen) atoms. The average molecular weight is 279 g/mol. The Bertz CT molecular complexity index is 360. The van der Waals surface area contributed by atoms with Crippen LogP contribution in [-0.4, -0.2) is 73.4 Å². The molecule has 114 valence electrons. The van der Waals surface area contributed by atoms with Crippen molar-refractivity contribution in [1.82, 2.24) is 15.1 Å². The zero-order valence-electron chi connectivity index (χ0n) is 12.8. The fraction of sp³-hybridized carbons (Fsp3) is 1.00. The topological polar surface area (TPSA) is 27.7 Å². The van der Waals surface area contributed by atoms with Gasteiger partial charge in [0.15, 0.2) is 0 Å². The lowest BCUT2D eigenvalue weighted by atomic mass is 9.92. The van der Waals surface area contributed by atoms with Gasteiger partial charge in [-0.1, -0.05) is 0 Å². The van der Waals surface area contributed by atoms with Crippen LogP contribution in [0.5, 0.6) is 0 Å². The molecule has 0 bridgehead atoms. The van der Waals surface area contributed by atoms with E-state index in [0.29, 0.717) is 11.6 Å². The van der Waals surface area contributed by atoms with Crippen LogP contribution in [0, 0.1) is 5.92 Å². The van der Waals surface area contributed by atoms with Gasteiger partial charge in [-0.05, 0) is 45.1 Å². The second kappa shape index (κ2) is 5.24. The monoisotopic (exact) mass is 279 g/mol. The minimum Gasteiger partial charge on any atom is -0.374 e. The number of piperazine rings is 1. The molecule has 0 aromatic carbocycles. The number of morpholine rings is 1. The third kappa shape index (κ3) is 2.63. The summed E-state index contributed by atoms with van der Waals surface area (Å²) in [6.07, 6.45) is 6.00. The van der Waals surface area contributed by atoms with Crippen molar-refractivity contribution in [1.29, 1.82) is 0 Å². The molecule has 4 nitrogen and oxygen atoms in total. The molecule has 1 saturated carbocycles. The van der Waals surface area contributed by atoms with Crippen LogP contribution in [0.3, 0.4) is 0 Å². The molecule has 4 aliphatic rings. The third-order valence-electron chi connectivity index (χ3n) is 5.91. The number of rotatable bonds is 3. The van der Waals surface area contributed by atoms with Crippen molar-refractivity contribution in [2.45, 2.75) is 50.3 Å². The predicted molar refractivity (Wildman–Crippen MR) is 79.9 cm³/mol. The van der Waals surface area contributed by atoms with Crippen LogP contribution in [0.4, 0.5) is 0 Å². The van der Waals surface area contributed by atoms with Gasteiger partial charge in [0.1, 0.15) is 0 Å². The molecule has 0 radical (unpaired) electrons. The van der Waals surface area contributed by atoms with Gasteiger partial charge < -0.3 is 10.1 Å². The van der Waals surface area contributed by atoms with Gasteiger partial charge in [0.25, 0.3) is 0 Å². The maximum absolute atomic E-state index is 6.14. The van der Waals surface area contributed by atoms with Gasteiger partial charge in [-0.15, -0.1) is 0 Å². The molecule has 4 fully saturated rings. The van der Waals surface area contributed by atoms with E-state index in [9.17, 15) is 0 Å². The number of nitrogens with zero attached hydrogens (tertiary/aromatic N) is 2. The fourth-order valence-corrected chi connectivity index (χ4v) is 4.53. The zero-order chi connectivity index (χ0) is 13.6. The van der Waals surface area contributed by atoms with Gasteiger partial charge in [-0.25, -0.2) is 0 Å². The van der Waals surface area contributed by atoms with Crippen LogP contribution in [-0.2, 0) is 4.74 Å². The SMILES string of the molecule is CC1(C2CC2)CN(CC2CN3CCCC3CO2)CCN1. The molecule has 4 rings (SSSR count). The molecule has 3 aliphatic heterocycles. The van der Waals surface area contributed by atoms with Crippen LogP contribution >= 0.6 is 0 Å². The summed E-state index contributed by atoms with van der Waals surface area (Å²) in [5, 5.41) is 3.77. The van der Waals surface area contributed by atoms with E-state index < -0.39 is 0 Å². The highest BCUT2D eigenvalue weighted by Gasteiger charge is 2.44. The first kappa shape index (κ1) is 13.5. The van der Waals surface area contributed by atoms with E-state index in [4.69, 9.17) is 4.74 Å². The molecule has 0 amide bonds. The van der Waals surface area contributed by atoms with Gasteiger partial charge in [-0.3, -0.25) is 9.80 Å². The summed E-state index contributed by atoms with van der Waals surface area (Å²) in [6.45, 7) is 10.5. The molecule has 3 atom stereocenters. The van der Waals surface area contributed by atoms with Crippen LogP contribution in [0.15, 0.2) is 0 Å². The second-order valence-electron chi connectivity index (χ2n) is 7.60. The summed E-state index contributed by atoms with van der Waals surface area (Å²) in [6, 6.07) is 0.728. The third-order valence-corrected chi connectivity index (χ3v) is 5.91. The molecule has 0 aromatic heterocycles. The van der Waals surface area contributed by atoms with Crippen molar-refractivity contribution < 1.29 is 4.74 Å². The maximum Gasteiger partial charge on any atom is 0.0829 e. The van der Waals surface area contributed by atoms with Crippen LogP contribution in [0.25, 0.3) is 0 Å². The van der Waals surface area contributed by atoms with E-state index in [-0.39, 0.29) is 0 Å². The Morgan fingerprint density at radius 1 is 1.25 bits per heavy atom. The molecule has 1 aliphatic carbocycles. The van der Waals surface area contributed by atoms with E-state index in [1.807, 2.05) is 0 Å². The van der Waals surface area contributed by atoms with Crippen molar-refractivity contribution in [3.8, 4) is 0 Å². The molecule has 3 heterocycles. The number of hydrogen-bond donors (Lipinski definition) is 1. The molecular formula is C16H29N3O. The number of fused-ring (bicyclic) bond motifs is 1. The van der Waals surface area contributed by atoms with Gasteiger partial charge in [0.2, 0.25) is 0 Å².